The number of aryl methyl sites for hydroxylation is 1. The predicted molar refractivity (Wildman–Crippen MR) is 85.7 cm³/mol. The molecule has 3 atom stereocenters. The van der Waals surface area contributed by atoms with E-state index >= 15 is 0 Å². The maximum absolute atomic E-state index is 12.8. The second-order valence-electron chi connectivity index (χ2n) is 5.04. The van der Waals surface area contributed by atoms with Gasteiger partial charge in [-0.15, -0.1) is 11.3 Å². The van der Waals surface area contributed by atoms with Crippen LogP contribution in [0.5, 0.6) is 0 Å². The Morgan fingerprint density at radius 3 is 2.90 bits per heavy atom. The summed E-state index contributed by atoms with van der Waals surface area (Å²) in [6.07, 6.45) is 2.01. The Morgan fingerprint density at radius 1 is 1.30 bits per heavy atom. The van der Waals surface area contributed by atoms with Crippen LogP contribution in [-0.2, 0) is 17.2 Å². The van der Waals surface area contributed by atoms with Crippen LogP contribution in [0.1, 0.15) is 30.5 Å². The van der Waals surface area contributed by atoms with E-state index in [-0.39, 0.29) is 11.3 Å². The van der Waals surface area contributed by atoms with Gasteiger partial charge in [-0.3, -0.25) is 4.21 Å². The molecule has 0 aliphatic heterocycles. The first-order chi connectivity index (χ1) is 9.81. The van der Waals surface area contributed by atoms with Crippen molar-refractivity contribution in [1.82, 2.24) is 5.32 Å². The highest BCUT2D eigenvalue weighted by molar-refractivity contribution is 7.88. The first-order valence-corrected chi connectivity index (χ1v) is 9.15. The fourth-order valence-electron chi connectivity index (χ4n) is 2.95. The first kappa shape index (κ1) is 14.0. The molecule has 1 N–H and O–H groups in total. The van der Waals surface area contributed by atoms with Crippen molar-refractivity contribution < 1.29 is 4.21 Å². The maximum Gasteiger partial charge on any atom is 0.0914 e. The summed E-state index contributed by atoms with van der Waals surface area (Å²) < 4.78 is 13.8. The van der Waals surface area contributed by atoms with E-state index < -0.39 is 10.8 Å². The number of nitrogens with one attached hydrogen (secondary N) is 1. The Hall–Kier alpha value is -0.970. The van der Waals surface area contributed by atoms with Crippen molar-refractivity contribution in [2.75, 3.05) is 6.54 Å². The molecule has 0 radical (unpaired) electrons. The molecule has 2 aromatic rings. The molecule has 1 heterocycles. The summed E-state index contributed by atoms with van der Waals surface area (Å²) in [5, 5.41) is 5.72. The minimum Gasteiger partial charge on any atom is -0.309 e. The van der Waals surface area contributed by atoms with Crippen LogP contribution in [0.2, 0.25) is 0 Å². The van der Waals surface area contributed by atoms with Crippen molar-refractivity contribution in [2.45, 2.75) is 35.3 Å². The number of fused-ring (bicyclic) bond motifs is 1. The van der Waals surface area contributed by atoms with E-state index in [0.717, 1.165) is 23.6 Å². The molecule has 2 nitrogen and oxygen atoms in total. The molecule has 1 aliphatic rings. The number of hydrogen-bond donors (Lipinski definition) is 1. The van der Waals surface area contributed by atoms with E-state index in [2.05, 4.69) is 36.5 Å². The van der Waals surface area contributed by atoms with Crippen LogP contribution in [0, 0.1) is 0 Å². The first-order valence-electron chi connectivity index (χ1n) is 7.06. The van der Waals surface area contributed by atoms with Crippen LogP contribution in [0.25, 0.3) is 0 Å². The average molecular weight is 305 g/mol. The van der Waals surface area contributed by atoms with Crippen LogP contribution < -0.4 is 5.32 Å². The van der Waals surface area contributed by atoms with Crippen LogP contribution >= 0.6 is 11.3 Å². The molecule has 0 saturated heterocycles. The van der Waals surface area contributed by atoms with Gasteiger partial charge in [0.1, 0.15) is 0 Å². The minimum absolute atomic E-state index is 0.170. The van der Waals surface area contributed by atoms with Crippen LogP contribution in [0.3, 0.4) is 0 Å². The van der Waals surface area contributed by atoms with Crippen LogP contribution in [-0.4, -0.2) is 16.0 Å². The molecule has 0 fully saturated rings. The molecule has 1 aromatic heterocycles. The molecule has 0 amide bonds. The summed E-state index contributed by atoms with van der Waals surface area (Å²) in [6, 6.07) is 12.7. The van der Waals surface area contributed by atoms with E-state index in [0.29, 0.717) is 0 Å². The zero-order chi connectivity index (χ0) is 13.9. The lowest BCUT2D eigenvalue weighted by Gasteiger charge is -2.33. The van der Waals surface area contributed by atoms with Gasteiger partial charge in [-0.25, -0.2) is 0 Å². The van der Waals surface area contributed by atoms with E-state index in [1.165, 1.54) is 11.1 Å². The molecule has 4 heteroatoms. The molecule has 0 bridgehead atoms. The molecular formula is C16H19NOS2. The largest absolute Gasteiger partial charge is 0.309 e. The van der Waals surface area contributed by atoms with Crippen molar-refractivity contribution in [3.05, 3.63) is 52.9 Å². The predicted octanol–water partition coefficient (Wildman–Crippen LogP) is 3.52. The van der Waals surface area contributed by atoms with E-state index in [4.69, 9.17) is 0 Å². The summed E-state index contributed by atoms with van der Waals surface area (Å²) >= 11 is 1.60. The zero-order valence-corrected chi connectivity index (χ0v) is 13.2. The summed E-state index contributed by atoms with van der Waals surface area (Å²) in [5.74, 6) is 0. The lowest BCUT2D eigenvalue weighted by molar-refractivity contribution is 0.474. The van der Waals surface area contributed by atoms with Gasteiger partial charge in [0.05, 0.1) is 20.3 Å². The van der Waals surface area contributed by atoms with Gasteiger partial charge < -0.3 is 5.32 Å². The Balaban J connectivity index is 1.94. The Morgan fingerprint density at radius 2 is 2.15 bits per heavy atom. The summed E-state index contributed by atoms with van der Waals surface area (Å²) in [7, 11) is -0.922. The quantitative estimate of drug-likeness (QED) is 0.936. The summed E-state index contributed by atoms with van der Waals surface area (Å²) in [4.78, 5) is 0. The number of rotatable bonds is 4. The average Bonchev–Trinajstić information content (AvgIpc) is 3.01. The molecule has 3 unspecified atom stereocenters. The second-order valence-corrected chi connectivity index (χ2v) is 7.89. The number of benzene rings is 1. The Bertz CT molecular complexity index is 594. The van der Waals surface area contributed by atoms with Crippen molar-refractivity contribution >= 4 is 22.1 Å². The van der Waals surface area contributed by atoms with Crippen LogP contribution in [0.4, 0.5) is 0 Å². The zero-order valence-electron chi connectivity index (χ0n) is 11.5. The summed E-state index contributed by atoms with van der Waals surface area (Å²) in [6.45, 7) is 3.01. The molecule has 3 rings (SSSR count). The van der Waals surface area contributed by atoms with Gasteiger partial charge in [-0.2, -0.15) is 0 Å². The number of thiophene rings is 1. The molecule has 0 spiro atoms. The maximum atomic E-state index is 12.8. The molecule has 0 saturated carbocycles. The summed E-state index contributed by atoms with van der Waals surface area (Å²) in [5.41, 5.74) is 2.73. The van der Waals surface area contributed by atoms with Gasteiger partial charge >= 0.3 is 0 Å². The third kappa shape index (κ3) is 2.60. The second kappa shape index (κ2) is 6.20. The third-order valence-corrected chi connectivity index (χ3v) is 6.89. The van der Waals surface area contributed by atoms with Gasteiger partial charge in [-0.1, -0.05) is 37.3 Å². The van der Waals surface area contributed by atoms with Crippen molar-refractivity contribution in [1.29, 1.82) is 0 Å². The van der Waals surface area contributed by atoms with E-state index in [1.54, 1.807) is 11.3 Å². The van der Waals surface area contributed by atoms with Crippen molar-refractivity contribution in [2.24, 2.45) is 0 Å². The number of hydrogen-bond acceptors (Lipinski definition) is 3. The fourth-order valence-corrected chi connectivity index (χ4v) is 5.65. The highest BCUT2D eigenvalue weighted by Crippen LogP contribution is 2.35. The Labute approximate surface area is 126 Å². The fraction of sp³-hybridized carbons (Fsp3) is 0.375. The van der Waals surface area contributed by atoms with Gasteiger partial charge in [0.15, 0.2) is 0 Å². The van der Waals surface area contributed by atoms with Crippen molar-refractivity contribution in [3.63, 3.8) is 0 Å². The minimum atomic E-state index is -0.922. The molecule has 106 valence electrons. The van der Waals surface area contributed by atoms with Crippen molar-refractivity contribution in [3.8, 4) is 0 Å². The smallest absolute Gasteiger partial charge is 0.0914 e. The topological polar surface area (TPSA) is 29.1 Å². The van der Waals surface area contributed by atoms with Gasteiger partial charge in [-0.05, 0) is 42.0 Å². The Kier molecular flexibility index (Phi) is 4.34. The lowest BCUT2D eigenvalue weighted by atomic mass is 9.87. The SMILES string of the molecule is CCNC1c2ccccc2CCC1S(=O)c1cccs1. The molecule has 20 heavy (non-hydrogen) atoms. The molecular weight excluding hydrogens is 286 g/mol. The molecule has 1 aromatic carbocycles. The lowest BCUT2D eigenvalue weighted by Crippen LogP contribution is -2.38. The van der Waals surface area contributed by atoms with E-state index in [1.807, 2.05) is 17.5 Å². The highest BCUT2D eigenvalue weighted by Gasteiger charge is 2.33. The normalized spacial score (nSPS) is 23.2. The van der Waals surface area contributed by atoms with E-state index in [9.17, 15) is 4.21 Å². The molecule has 1 aliphatic carbocycles. The van der Waals surface area contributed by atoms with Gasteiger partial charge in [0.25, 0.3) is 0 Å². The third-order valence-electron chi connectivity index (χ3n) is 3.85. The van der Waals surface area contributed by atoms with Gasteiger partial charge in [0, 0.05) is 6.04 Å². The van der Waals surface area contributed by atoms with Crippen LogP contribution in [0.15, 0.2) is 46.0 Å². The monoisotopic (exact) mass is 305 g/mol. The van der Waals surface area contributed by atoms with Gasteiger partial charge in [0.2, 0.25) is 0 Å². The highest BCUT2D eigenvalue weighted by atomic mass is 32.2. The standard InChI is InChI=1S/C16H19NOS2/c1-2-17-16-13-7-4-3-6-12(13)9-10-14(16)20(18)15-8-5-11-19-15/h3-8,11,14,16-17H,2,9-10H2,1H3.